The Morgan fingerprint density at radius 2 is 1.53 bits per heavy atom. The molecule has 2 aromatic rings. The maximum absolute atomic E-state index is 14.6. The number of carbonyl (C=O) groups excluding carboxylic acids is 6. The number of halogens is 1. The number of hydrogen-bond acceptors (Lipinski definition) is 14. The molecule has 2 amide bonds. The van der Waals surface area contributed by atoms with E-state index in [1.54, 1.807) is 20.8 Å². The van der Waals surface area contributed by atoms with E-state index in [0.717, 1.165) is 81.3 Å². The number of thiophene rings is 1. The molecule has 5 saturated carbocycles. The molecule has 0 radical (unpaired) electrons. The highest BCUT2D eigenvalue weighted by atomic mass is 35.5. The number of benzene rings is 1. The Kier molecular flexibility index (Phi) is 20.1. The molecule has 15 nitrogen and oxygen atoms in total. The van der Waals surface area contributed by atoms with E-state index in [1.165, 1.54) is 11.3 Å². The third-order valence-corrected chi connectivity index (χ3v) is 20.4. The number of fused-ring (bicyclic) bond motifs is 5. The van der Waals surface area contributed by atoms with Gasteiger partial charge in [0.15, 0.2) is 0 Å². The van der Waals surface area contributed by atoms with Gasteiger partial charge in [-0.1, -0.05) is 58.0 Å². The number of carbonyl (C=O) groups is 6. The SMILES string of the molecule is CC1CCC(C(=O)N(c2cc(-c3ccccc3)sc2C(=O)OCOC(=O)CCC(=O)O[C@H]2CC[C@@]3(C)C(C2)C[C@H](O)C2C3C[C@H](O)[C@]3(C)C(C(C)CCC(=O)NCC(=O)OC(C)(C)C)CCC23)C2CCN(C)CC2)CC1.Cl. The first-order chi connectivity index (χ1) is 36.0. The van der Waals surface area contributed by atoms with Crippen molar-refractivity contribution < 1.29 is 57.9 Å². The lowest BCUT2D eigenvalue weighted by Crippen LogP contribution is -2.62. The van der Waals surface area contributed by atoms with Gasteiger partial charge in [0.1, 0.15) is 23.1 Å². The van der Waals surface area contributed by atoms with Crippen LogP contribution in [-0.2, 0) is 42.9 Å². The number of piperidine rings is 1. The number of ether oxygens (including phenoxy) is 4. The number of likely N-dealkylation sites (tertiary alicyclic amines) is 1. The molecule has 77 heavy (non-hydrogen) atoms. The summed E-state index contributed by atoms with van der Waals surface area (Å²) in [5.41, 5.74) is 0.259. The zero-order chi connectivity index (χ0) is 54.7. The largest absolute Gasteiger partial charge is 0.462 e. The molecule has 6 fully saturated rings. The van der Waals surface area contributed by atoms with Crippen molar-refractivity contribution >= 4 is 65.1 Å². The number of hydrogen-bond donors (Lipinski definition) is 3. The number of rotatable bonds is 17. The van der Waals surface area contributed by atoms with Crippen LogP contribution >= 0.6 is 23.7 Å². The van der Waals surface area contributed by atoms with Gasteiger partial charge in [0.05, 0.1) is 30.7 Å². The van der Waals surface area contributed by atoms with Gasteiger partial charge in [-0.05, 0) is 195 Å². The molecule has 3 N–H and O–H groups in total. The maximum Gasteiger partial charge on any atom is 0.353 e. The predicted molar refractivity (Wildman–Crippen MR) is 297 cm³/mol. The summed E-state index contributed by atoms with van der Waals surface area (Å²) in [6.07, 6.45) is 9.13. The summed E-state index contributed by atoms with van der Waals surface area (Å²) >= 11 is 1.26. The lowest BCUT2D eigenvalue weighted by molar-refractivity contribution is -0.209. The average molecular weight is 1110 g/mol. The minimum atomic E-state index is -0.708. The third-order valence-electron chi connectivity index (χ3n) is 19.3. The molecule has 5 aliphatic carbocycles. The molecule has 0 bridgehead atoms. The lowest BCUT2D eigenvalue weighted by atomic mass is 9.43. The number of amides is 2. The molecule has 1 aromatic heterocycles. The van der Waals surface area contributed by atoms with Gasteiger partial charge in [0.25, 0.3) is 0 Å². The van der Waals surface area contributed by atoms with Gasteiger partial charge in [-0.2, -0.15) is 0 Å². The fourth-order valence-corrected chi connectivity index (χ4v) is 16.1. The molecular weight excluding hydrogens is 1020 g/mol. The molecule has 428 valence electrons. The molecule has 17 heteroatoms. The Morgan fingerprint density at radius 3 is 2.22 bits per heavy atom. The van der Waals surface area contributed by atoms with Crippen LogP contribution in [0.25, 0.3) is 10.4 Å². The first-order valence-electron chi connectivity index (χ1n) is 28.6. The maximum atomic E-state index is 14.6. The van der Waals surface area contributed by atoms with Crippen LogP contribution in [0.15, 0.2) is 36.4 Å². The first-order valence-corrected chi connectivity index (χ1v) is 29.4. The van der Waals surface area contributed by atoms with E-state index in [4.69, 9.17) is 18.9 Å². The summed E-state index contributed by atoms with van der Waals surface area (Å²) in [4.78, 5) is 85.1. The van der Waals surface area contributed by atoms with Gasteiger partial charge in [-0.25, -0.2) is 4.79 Å². The van der Waals surface area contributed by atoms with E-state index < -0.39 is 53.9 Å². The minimum absolute atomic E-state index is 0. The van der Waals surface area contributed by atoms with E-state index in [0.29, 0.717) is 43.7 Å². The Bertz CT molecular complexity index is 2380. The average Bonchev–Trinajstić information content (AvgIpc) is 4.10. The smallest absolute Gasteiger partial charge is 0.353 e. The monoisotopic (exact) mass is 1110 g/mol. The zero-order valence-electron chi connectivity index (χ0n) is 46.9. The summed E-state index contributed by atoms with van der Waals surface area (Å²) in [5, 5.41) is 26.9. The van der Waals surface area contributed by atoms with Gasteiger partial charge < -0.3 is 44.3 Å². The molecule has 8 rings (SSSR count). The molecule has 0 spiro atoms. The van der Waals surface area contributed by atoms with Gasteiger partial charge in [0, 0.05) is 23.3 Å². The van der Waals surface area contributed by atoms with E-state index in [-0.39, 0.29) is 114 Å². The summed E-state index contributed by atoms with van der Waals surface area (Å²) in [6.45, 7) is 15.1. The van der Waals surface area contributed by atoms with E-state index in [1.807, 2.05) is 41.3 Å². The quantitative estimate of drug-likeness (QED) is 0.0769. The van der Waals surface area contributed by atoms with Crippen LogP contribution in [0.3, 0.4) is 0 Å². The summed E-state index contributed by atoms with van der Waals surface area (Å²) in [5.74, 6) is -1.40. The number of nitrogens with zero attached hydrogens (tertiary/aromatic N) is 2. The minimum Gasteiger partial charge on any atom is -0.462 e. The van der Waals surface area contributed by atoms with Crippen LogP contribution < -0.4 is 10.2 Å². The van der Waals surface area contributed by atoms with E-state index in [2.05, 4.69) is 45.0 Å². The van der Waals surface area contributed by atoms with Crippen LogP contribution in [0.4, 0.5) is 5.69 Å². The van der Waals surface area contributed by atoms with Crippen molar-refractivity contribution in [3.63, 3.8) is 0 Å². The van der Waals surface area contributed by atoms with E-state index >= 15 is 0 Å². The molecule has 11 atom stereocenters. The highest BCUT2D eigenvalue weighted by Gasteiger charge is 2.66. The Hall–Kier alpha value is -4.09. The number of nitrogens with one attached hydrogen (secondary N) is 1. The Labute approximate surface area is 467 Å². The van der Waals surface area contributed by atoms with Crippen molar-refractivity contribution in [2.24, 2.45) is 58.2 Å². The van der Waals surface area contributed by atoms with Crippen LogP contribution in [0, 0.1) is 58.2 Å². The highest BCUT2D eigenvalue weighted by Crippen LogP contribution is 2.68. The fourth-order valence-electron chi connectivity index (χ4n) is 15.1. The van der Waals surface area contributed by atoms with Crippen LogP contribution in [0.2, 0.25) is 0 Å². The molecule has 6 aliphatic rings. The number of anilines is 1. The summed E-state index contributed by atoms with van der Waals surface area (Å²) in [7, 11) is 2.08. The van der Waals surface area contributed by atoms with Crippen LogP contribution in [0.1, 0.15) is 167 Å². The number of aliphatic hydroxyl groups is 2. The Balaban J connectivity index is 0.00000861. The van der Waals surface area contributed by atoms with Gasteiger partial charge in [0.2, 0.25) is 18.6 Å². The lowest BCUT2D eigenvalue weighted by Gasteiger charge is -2.63. The second-order valence-electron chi connectivity index (χ2n) is 25.3. The molecule has 2 heterocycles. The van der Waals surface area contributed by atoms with Crippen molar-refractivity contribution in [3.8, 4) is 10.4 Å². The second kappa shape index (κ2) is 25.6. The molecular formula is C60H88ClN3O12S. The first kappa shape index (κ1) is 60.5. The number of esters is 4. The Morgan fingerprint density at radius 1 is 0.844 bits per heavy atom. The van der Waals surface area contributed by atoms with Gasteiger partial charge >= 0.3 is 23.9 Å². The molecule has 6 unspecified atom stereocenters. The predicted octanol–water partition coefficient (Wildman–Crippen LogP) is 9.91. The standard InChI is InChI=1S/C60H87N3O12S.ClH/c1-36-14-17-39(18-15-36)56(70)63(41-25-28-62(8)29-26-41)46-33-48(38-12-10-9-11-13-38)76-55(46)57(71)73-35-72-51(67)22-23-52(68)74-42-24-27-59(6)40(30-42)31-47(64)54-44-20-19-43(60(44,7)49(65)32-45(54)59)37(2)16-21-50(66)61-34-53(69)75-58(3,4)5;/h9-13,33,36-37,39-45,47,49,54,64-65H,14-32,34-35H2,1-8H3,(H,61,66);1H/t36?,37?,39?,40?,42-,43?,44?,45?,47-,49-,54?,59-,60+;/m0./s1. The van der Waals surface area contributed by atoms with Gasteiger partial charge in [-0.3, -0.25) is 24.0 Å². The van der Waals surface area contributed by atoms with Crippen molar-refractivity contribution in [1.82, 2.24) is 10.2 Å². The third kappa shape index (κ3) is 13.9. The van der Waals surface area contributed by atoms with Gasteiger partial charge in [-0.15, -0.1) is 23.7 Å². The van der Waals surface area contributed by atoms with E-state index in [9.17, 15) is 39.0 Å². The normalized spacial score (nSPS) is 31.7. The van der Waals surface area contributed by atoms with Crippen molar-refractivity contribution in [2.45, 2.75) is 188 Å². The molecule has 1 aromatic carbocycles. The topological polar surface area (TPSA) is 198 Å². The highest BCUT2D eigenvalue weighted by molar-refractivity contribution is 7.18. The molecule has 1 aliphatic heterocycles. The second-order valence-corrected chi connectivity index (χ2v) is 26.4. The summed E-state index contributed by atoms with van der Waals surface area (Å²) < 4.78 is 22.3. The number of aliphatic hydroxyl groups excluding tert-OH is 2. The van der Waals surface area contributed by atoms with Crippen molar-refractivity contribution in [3.05, 3.63) is 41.3 Å². The van der Waals surface area contributed by atoms with Crippen molar-refractivity contribution in [1.29, 1.82) is 0 Å². The fraction of sp³-hybridized carbons (Fsp3) is 0.733. The van der Waals surface area contributed by atoms with Crippen molar-refractivity contribution in [2.75, 3.05) is 38.4 Å². The van der Waals surface area contributed by atoms with Crippen LogP contribution in [-0.4, -0.2) is 114 Å². The van der Waals surface area contributed by atoms with Crippen LogP contribution in [0.5, 0.6) is 0 Å². The zero-order valence-corrected chi connectivity index (χ0v) is 48.6. The molecule has 1 saturated heterocycles. The summed E-state index contributed by atoms with van der Waals surface area (Å²) in [6, 6.07) is 11.6.